The molecule has 0 rings (SSSR count). The minimum absolute atomic E-state index is 0.0275. The fourth-order valence-corrected chi connectivity index (χ4v) is 1.84. The average molecular weight is 227 g/mol. The number of carbonyl (C=O) groups is 2. The van der Waals surface area contributed by atoms with Crippen LogP contribution < -0.4 is 5.32 Å². The van der Waals surface area contributed by atoms with Gasteiger partial charge in [0.2, 0.25) is 5.91 Å². The molecule has 0 heterocycles. The molecule has 0 bridgehead atoms. The lowest BCUT2D eigenvalue weighted by Crippen LogP contribution is -2.28. The highest BCUT2D eigenvalue weighted by atomic mass is 16.1. The second-order valence-corrected chi connectivity index (χ2v) is 5.16. The van der Waals surface area contributed by atoms with Crippen molar-refractivity contribution in [3.05, 3.63) is 0 Å². The largest absolute Gasteiger partial charge is 0.356 e. The summed E-state index contributed by atoms with van der Waals surface area (Å²) in [6.07, 6.45) is 1.67. The second-order valence-electron chi connectivity index (χ2n) is 5.16. The maximum atomic E-state index is 11.9. The molecule has 3 heteroatoms. The Bertz CT molecular complexity index is 234. The predicted molar refractivity (Wildman–Crippen MR) is 66.1 cm³/mol. The Morgan fingerprint density at radius 1 is 1.12 bits per heavy atom. The molecule has 0 unspecified atom stereocenters. The number of rotatable bonds is 7. The SMILES string of the molecule is CC(=O)NCC[C@H](CC(C)C)C(=O)C(C)C. The average Bonchev–Trinajstić information content (AvgIpc) is 2.13. The van der Waals surface area contributed by atoms with E-state index in [1.54, 1.807) is 0 Å². The minimum Gasteiger partial charge on any atom is -0.356 e. The third-order valence-corrected chi connectivity index (χ3v) is 2.59. The van der Waals surface area contributed by atoms with Crippen LogP contribution in [0.1, 0.15) is 47.5 Å². The minimum atomic E-state index is -0.0275. The molecule has 0 aliphatic carbocycles. The lowest BCUT2D eigenvalue weighted by molar-refractivity contribution is -0.127. The van der Waals surface area contributed by atoms with Crippen molar-refractivity contribution in [1.82, 2.24) is 5.32 Å². The van der Waals surface area contributed by atoms with Gasteiger partial charge in [-0.2, -0.15) is 0 Å². The van der Waals surface area contributed by atoms with E-state index < -0.39 is 0 Å². The highest BCUT2D eigenvalue weighted by Gasteiger charge is 2.21. The van der Waals surface area contributed by atoms with Gasteiger partial charge in [0.05, 0.1) is 0 Å². The molecule has 94 valence electrons. The van der Waals surface area contributed by atoms with Gasteiger partial charge in [-0.1, -0.05) is 27.7 Å². The van der Waals surface area contributed by atoms with E-state index in [0.717, 1.165) is 12.8 Å². The summed E-state index contributed by atoms with van der Waals surface area (Å²) in [6, 6.07) is 0. The van der Waals surface area contributed by atoms with E-state index in [-0.39, 0.29) is 17.7 Å². The Morgan fingerprint density at radius 3 is 2.06 bits per heavy atom. The van der Waals surface area contributed by atoms with Crippen LogP contribution in [0.4, 0.5) is 0 Å². The number of amides is 1. The Kier molecular flexibility index (Phi) is 7.02. The molecule has 0 fully saturated rings. The summed E-state index contributed by atoms with van der Waals surface area (Å²) in [5.41, 5.74) is 0. The van der Waals surface area contributed by atoms with Crippen LogP contribution in [0.15, 0.2) is 0 Å². The first kappa shape index (κ1) is 15.1. The van der Waals surface area contributed by atoms with Gasteiger partial charge < -0.3 is 5.32 Å². The Labute approximate surface area is 99.0 Å². The normalized spacial score (nSPS) is 12.9. The quantitative estimate of drug-likeness (QED) is 0.726. The van der Waals surface area contributed by atoms with Gasteiger partial charge in [-0.25, -0.2) is 0 Å². The first-order chi connectivity index (χ1) is 7.34. The lowest BCUT2D eigenvalue weighted by atomic mass is 9.86. The lowest BCUT2D eigenvalue weighted by Gasteiger charge is -2.19. The molecule has 3 nitrogen and oxygen atoms in total. The van der Waals surface area contributed by atoms with Crippen molar-refractivity contribution in [3.8, 4) is 0 Å². The number of hydrogen-bond donors (Lipinski definition) is 1. The summed E-state index contributed by atoms with van der Waals surface area (Å²) >= 11 is 0. The highest BCUT2D eigenvalue weighted by molar-refractivity contribution is 5.82. The van der Waals surface area contributed by atoms with Gasteiger partial charge >= 0.3 is 0 Å². The summed E-state index contributed by atoms with van der Waals surface area (Å²) in [6.45, 7) is 10.2. The molecule has 1 N–H and O–H groups in total. The monoisotopic (exact) mass is 227 g/mol. The zero-order valence-electron chi connectivity index (χ0n) is 11.2. The first-order valence-electron chi connectivity index (χ1n) is 6.12. The van der Waals surface area contributed by atoms with E-state index in [4.69, 9.17) is 0 Å². The number of hydrogen-bond acceptors (Lipinski definition) is 2. The molecular formula is C13H25NO2. The van der Waals surface area contributed by atoms with Gasteiger partial charge in [0.25, 0.3) is 0 Å². The van der Waals surface area contributed by atoms with Crippen molar-refractivity contribution in [2.45, 2.75) is 47.5 Å². The van der Waals surface area contributed by atoms with Crippen LogP contribution >= 0.6 is 0 Å². The molecule has 0 aromatic carbocycles. The Morgan fingerprint density at radius 2 is 1.69 bits per heavy atom. The molecule has 0 saturated carbocycles. The zero-order valence-corrected chi connectivity index (χ0v) is 11.2. The standard InChI is InChI=1S/C13H25NO2/c1-9(2)8-12(13(16)10(3)4)6-7-14-11(5)15/h9-10,12H,6-8H2,1-5H3,(H,14,15)/t12-/m1/s1. The van der Waals surface area contributed by atoms with Gasteiger partial charge in [-0.3, -0.25) is 9.59 Å². The summed E-state index contributed by atoms with van der Waals surface area (Å²) in [5.74, 6) is 0.984. The van der Waals surface area contributed by atoms with Crippen LogP contribution in [0.3, 0.4) is 0 Å². The molecule has 0 saturated heterocycles. The van der Waals surface area contributed by atoms with E-state index in [9.17, 15) is 9.59 Å². The summed E-state index contributed by atoms with van der Waals surface area (Å²) in [7, 11) is 0. The van der Waals surface area contributed by atoms with E-state index in [0.29, 0.717) is 18.2 Å². The fourth-order valence-electron chi connectivity index (χ4n) is 1.84. The van der Waals surface area contributed by atoms with Crippen molar-refractivity contribution < 1.29 is 9.59 Å². The topological polar surface area (TPSA) is 46.2 Å². The Hall–Kier alpha value is -0.860. The van der Waals surface area contributed by atoms with Crippen LogP contribution in [0, 0.1) is 17.8 Å². The smallest absolute Gasteiger partial charge is 0.216 e. The maximum absolute atomic E-state index is 11.9. The van der Waals surface area contributed by atoms with Gasteiger partial charge in [0.1, 0.15) is 5.78 Å². The van der Waals surface area contributed by atoms with E-state index in [2.05, 4.69) is 19.2 Å². The molecule has 0 radical (unpaired) electrons. The summed E-state index contributed by atoms with van der Waals surface area (Å²) in [5, 5.41) is 2.75. The molecule has 0 aliphatic heterocycles. The molecule has 16 heavy (non-hydrogen) atoms. The van der Waals surface area contributed by atoms with Crippen molar-refractivity contribution in [1.29, 1.82) is 0 Å². The van der Waals surface area contributed by atoms with Gasteiger partial charge in [0.15, 0.2) is 0 Å². The molecule has 0 spiro atoms. The molecular weight excluding hydrogens is 202 g/mol. The molecule has 1 amide bonds. The van der Waals surface area contributed by atoms with E-state index in [1.807, 2.05) is 13.8 Å². The number of nitrogens with one attached hydrogen (secondary N) is 1. The van der Waals surface area contributed by atoms with E-state index >= 15 is 0 Å². The molecule has 0 aromatic heterocycles. The van der Waals surface area contributed by atoms with Crippen molar-refractivity contribution in [3.63, 3.8) is 0 Å². The summed E-state index contributed by atoms with van der Waals surface area (Å²) < 4.78 is 0. The highest BCUT2D eigenvalue weighted by Crippen LogP contribution is 2.19. The van der Waals surface area contributed by atoms with Crippen LogP contribution in [0.25, 0.3) is 0 Å². The number of Topliss-reactive ketones (excluding diaryl/α,β-unsaturated/α-hetero) is 1. The number of carbonyl (C=O) groups excluding carboxylic acids is 2. The number of ketones is 1. The van der Waals surface area contributed by atoms with E-state index in [1.165, 1.54) is 6.92 Å². The predicted octanol–water partition coefficient (Wildman–Crippen LogP) is 2.40. The van der Waals surface area contributed by atoms with Gasteiger partial charge in [0, 0.05) is 25.3 Å². The van der Waals surface area contributed by atoms with Gasteiger partial charge in [-0.05, 0) is 18.8 Å². The summed E-state index contributed by atoms with van der Waals surface area (Å²) in [4.78, 5) is 22.7. The second kappa shape index (κ2) is 7.42. The third-order valence-electron chi connectivity index (χ3n) is 2.59. The van der Waals surface area contributed by atoms with Crippen LogP contribution in [-0.2, 0) is 9.59 Å². The Balaban J connectivity index is 4.20. The zero-order chi connectivity index (χ0) is 12.7. The molecule has 0 aliphatic rings. The third kappa shape index (κ3) is 6.59. The maximum Gasteiger partial charge on any atom is 0.216 e. The fraction of sp³-hybridized carbons (Fsp3) is 0.846. The van der Waals surface area contributed by atoms with Crippen LogP contribution in [0.5, 0.6) is 0 Å². The van der Waals surface area contributed by atoms with Crippen molar-refractivity contribution in [2.75, 3.05) is 6.54 Å². The molecule has 1 atom stereocenters. The van der Waals surface area contributed by atoms with Crippen molar-refractivity contribution >= 4 is 11.7 Å². The molecule has 0 aromatic rings. The first-order valence-corrected chi connectivity index (χ1v) is 6.12. The van der Waals surface area contributed by atoms with Gasteiger partial charge in [-0.15, -0.1) is 0 Å². The van der Waals surface area contributed by atoms with Crippen LogP contribution in [0.2, 0.25) is 0 Å². The van der Waals surface area contributed by atoms with Crippen LogP contribution in [-0.4, -0.2) is 18.2 Å². The van der Waals surface area contributed by atoms with Crippen molar-refractivity contribution in [2.24, 2.45) is 17.8 Å².